The predicted octanol–water partition coefficient (Wildman–Crippen LogP) is -0.336. The van der Waals surface area contributed by atoms with Crippen molar-refractivity contribution in [1.82, 2.24) is 0 Å². The number of aliphatic hydroxyl groups is 4. The highest BCUT2D eigenvalue weighted by Crippen LogP contribution is 2.31. The van der Waals surface area contributed by atoms with Crippen molar-refractivity contribution in [3.8, 4) is 23.7 Å². The van der Waals surface area contributed by atoms with E-state index in [1.807, 2.05) is 18.2 Å². The molecule has 5 atom stereocenters. The molecule has 5 nitrogen and oxygen atoms in total. The summed E-state index contributed by atoms with van der Waals surface area (Å²) in [5, 5.41) is 40.6. The van der Waals surface area contributed by atoms with Gasteiger partial charge in [0.25, 0.3) is 0 Å². The molecule has 1 aromatic rings. The third kappa shape index (κ3) is 3.47. The quantitative estimate of drug-likeness (QED) is 0.530. The van der Waals surface area contributed by atoms with Gasteiger partial charge in [0.15, 0.2) is 11.7 Å². The average Bonchev–Trinajstić information content (AvgIpc) is 3.43. The van der Waals surface area contributed by atoms with E-state index in [4.69, 9.17) is 4.74 Å². The summed E-state index contributed by atoms with van der Waals surface area (Å²) < 4.78 is 5.51. The summed E-state index contributed by atoms with van der Waals surface area (Å²) in [4.78, 5) is 0. The van der Waals surface area contributed by atoms with Crippen LogP contribution in [0.5, 0.6) is 0 Å². The van der Waals surface area contributed by atoms with Crippen molar-refractivity contribution < 1.29 is 25.2 Å². The molecule has 5 heteroatoms. The van der Waals surface area contributed by atoms with E-state index >= 15 is 0 Å². The summed E-state index contributed by atoms with van der Waals surface area (Å²) >= 11 is 0. The molecule has 126 valence electrons. The summed E-state index contributed by atoms with van der Waals surface area (Å²) in [5.41, 5.74) is -1.38. The minimum Gasteiger partial charge on any atom is -0.394 e. The Labute approximate surface area is 140 Å². The van der Waals surface area contributed by atoms with E-state index in [-0.39, 0.29) is 5.92 Å². The van der Waals surface area contributed by atoms with Crippen LogP contribution in [0.1, 0.15) is 18.4 Å². The van der Waals surface area contributed by atoms with Crippen LogP contribution in [-0.2, 0) is 4.74 Å². The van der Waals surface area contributed by atoms with E-state index in [2.05, 4.69) is 23.7 Å². The summed E-state index contributed by atoms with van der Waals surface area (Å²) in [6, 6.07) is 9.00. The smallest absolute Gasteiger partial charge is 0.191 e. The Morgan fingerprint density at radius 2 is 1.83 bits per heavy atom. The van der Waals surface area contributed by atoms with Crippen LogP contribution in [-0.4, -0.2) is 57.0 Å². The Bertz CT molecular complexity index is 691. The third-order valence-corrected chi connectivity index (χ3v) is 4.22. The maximum atomic E-state index is 10.9. The van der Waals surface area contributed by atoms with Gasteiger partial charge in [0.05, 0.1) is 6.61 Å². The van der Waals surface area contributed by atoms with Crippen LogP contribution in [0.2, 0.25) is 0 Å². The number of rotatable bonds is 1. The number of hydrogen-bond donors (Lipinski definition) is 4. The van der Waals surface area contributed by atoms with E-state index in [0.29, 0.717) is 5.56 Å². The van der Waals surface area contributed by atoms with Crippen molar-refractivity contribution in [1.29, 1.82) is 0 Å². The summed E-state index contributed by atoms with van der Waals surface area (Å²) in [7, 11) is 0. The molecule has 2 aliphatic rings. The van der Waals surface area contributed by atoms with Gasteiger partial charge in [-0.1, -0.05) is 41.9 Å². The Morgan fingerprint density at radius 3 is 2.46 bits per heavy atom. The first kappa shape index (κ1) is 17.0. The Kier molecular flexibility index (Phi) is 4.91. The summed E-state index contributed by atoms with van der Waals surface area (Å²) in [5.74, 6) is 11.5. The minimum absolute atomic E-state index is 0.275. The van der Waals surface area contributed by atoms with Crippen molar-refractivity contribution in [2.75, 3.05) is 6.61 Å². The molecule has 1 saturated heterocycles. The standard InChI is InChI=1S/C19H20O5/c20-12-15-17(21)18(22)19(23,11-10-13-4-2-1-3-5-13)16(24-15)9-8-14-6-7-14/h1-5,14-18,20-23H,6-7,12H2/t15-,16-,17-,18+,19-/m1/s1. The second-order valence-corrected chi connectivity index (χ2v) is 6.18. The predicted molar refractivity (Wildman–Crippen MR) is 86.5 cm³/mol. The van der Waals surface area contributed by atoms with Gasteiger partial charge >= 0.3 is 0 Å². The monoisotopic (exact) mass is 328 g/mol. The van der Waals surface area contributed by atoms with E-state index < -0.39 is 36.6 Å². The van der Waals surface area contributed by atoms with Gasteiger partial charge in [-0.15, -0.1) is 0 Å². The zero-order valence-electron chi connectivity index (χ0n) is 13.1. The second kappa shape index (κ2) is 6.94. The minimum atomic E-state index is -2.04. The molecule has 0 aromatic heterocycles. The Hall–Kier alpha value is -1.86. The summed E-state index contributed by atoms with van der Waals surface area (Å²) in [6.07, 6.45) is -3.17. The van der Waals surface area contributed by atoms with Gasteiger partial charge in [0.1, 0.15) is 18.3 Å². The van der Waals surface area contributed by atoms with Crippen LogP contribution in [0.4, 0.5) is 0 Å². The molecule has 1 aliphatic heterocycles. The molecule has 1 aliphatic carbocycles. The van der Waals surface area contributed by atoms with Crippen LogP contribution in [0.3, 0.4) is 0 Å². The van der Waals surface area contributed by atoms with Crippen LogP contribution < -0.4 is 0 Å². The highest BCUT2D eigenvalue weighted by Gasteiger charge is 2.53. The lowest BCUT2D eigenvalue weighted by atomic mass is 9.82. The highest BCUT2D eigenvalue weighted by atomic mass is 16.5. The first-order valence-corrected chi connectivity index (χ1v) is 7.98. The largest absolute Gasteiger partial charge is 0.394 e. The molecule has 1 saturated carbocycles. The van der Waals surface area contributed by atoms with E-state index in [0.717, 1.165) is 12.8 Å². The van der Waals surface area contributed by atoms with Gasteiger partial charge < -0.3 is 25.2 Å². The molecular formula is C19H20O5. The number of aliphatic hydroxyl groups excluding tert-OH is 3. The lowest BCUT2D eigenvalue weighted by Crippen LogP contribution is -2.65. The Balaban J connectivity index is 1.93. The molecule has 0 spiro atoms. The molecule has 3 rings (SSSR count). The van der Waals surface area contributed by atoms with Gasteiger partial charge in [0.2, 0.25) is 0 Å². The van der Waals surface area contributed by atoms with Crippen molar-refractivity contribution in [3.05, 3.63) is 35.9 Å². The van der Waals surface area contributed by atoms with Gasteiger partial charge in [-0.05, 0) is 25.0 Å². The molecule has 1 heterocycles. The molecule has 4 N–H and O–H groups in total. The van der Waals surface area contributed by atoms with Crippen LogP contribution in [0, 0.1) is 29.6 Å². The maximum Gasteiger partial charge on any atom is 0.191 e. The topological polar surface area (TPSA) is 90.2 Å². The lowest BCUT2D eigenvalue weighted by molar-refractivity contribution is -0.239. The SMILES string of the molecule is OC[C@H]1O[C@H](C#CC2CC2)[C@](O)(C#Cc2ccccc2)[C@@H](O)[C@@H]1O. The molecule has 0 radical (unpaired) electrons. The van der Waals surface area contributed by atoms with Gasteiger partial charge in [0, 0.05) is 11.5 Å². The molecule has 2 fully saturated rings. The first-order chi connectivity index (χ1) is 11.5. The van der Waals surface area contributed by atoms with E-state index in [1.165, 1.54) is 0 Å². The van der Waals surface area contributed by atoms with Gasteiger partial charge in [-0.2, -0.15) is 0 Å². The number of hydrogen-bond acceptors (Lipinski definition) is 5. The Morgan fingerprint density at radius 1 is 1.12 bits per heavy atom. The third-order valence-electron chi connectivity index (χ3n) is 4.22. The number of benzene rings is 1. The highest BCUT2D eigenvalue weighted by molar-refractivity contribution is 5.39. The molecular weight excluding hydrogens is 308 g/mol. The molecule has 0 unspecified atom stereocenters. The van der Waals surface area contributed by atoms with Crippen LogP contribution >= 0.6 is 0 Å². The lowest BCUT2D eigenvalue weighted by Gasteiger charge is -2.43. The maximum absolute atomic E-state index is 10.9. The zero-order chi connectivity index (χ0) is 17.2. The van der Waals surface area contributed by atoms with Crippen molar-refractivity contribution in [3.63, 3.8) is 0 Å². The van der Waals surface area contributed by atoms with E-state index in [9.17, 15) is 20.4 Å². The first-order valence-electron chi connectivity index (χ1n) is 7.98. The van der Waals surface area contributed by atoms with Crippen molar-refractivity contribution in [2.45, 2.75) is 42.9 Å². The van der Waals surface area contributed by atoms with Crippen LogP contribution in [0.15, 0.2) is 30.3 Å². The fourth-order valence-electron chi connectivity index (χ4n) is 2.53. The van der Waals surface area contributed by atoms with Gasteiger partial charge in [-0.25, -0.2) is 0 Å². The number of ether oxygens (including phenoxy) is 1. The van der Waals surface area contributed by atoms with Crippen LogP contribution in [0.25, 0.3) is 0 Å². The molecule has 24 heavy (non-hydrogen) atoms. The molecule has 0 amide bonds. The molecule has 1 aromatic carbocycles. The zero-order valence-corrected chi connectivity index (χ0v) is 13.1. The van der Waals surface area contributed by atoms with Crippen molar-refractivity contribution in [2.24, 2.45) is 5.92 Å². The fourth-order valence-corrected chi connectivity index (χ4v) is 2.53. The van der Waals surface area contributed by atoms with Gasteiger partial charge in [-0.3, -0.25) is 0 Å². The second-order valence-electron chi connectivity index (χ2n) is 6.18. The fraction of sp³-hybridized carbons (Fsp3) is 0.474. The summed E-state index contributed by atoms with van der Waals surface area (Å²) in [6.45, 7) is -0.484. The normalized spacial score (nSPS) is 35.3. The van der Waals surface area contributed by atoms with E-state index in [1.54, 1.807) is 12.1 Å². The van der Waals surface area contributed by atoms with Crippen molar-refractivity contribution >= 4 is 0 Å². The average molecular weight is 328 g/mol. The molecule has 0 bridgehead atoms.